The molecule has 27 heavy (non-hydrogen) atoms. The van der Waals surface area contributed by atoms with Crippen molar-refractivity contribution in [3.05, 3.63) is 59.4 Å². The summed E-state index contributed by atoms with van der Waals surface area (Å²) in [5.74, 6) is 0. The molecule has 1 aromatic carbocycles. The zero-order chi connectivity index (χ0) is 19.1. The Balaban J connectivity index is 1.53. The molecule has 0 aliphatic carbocycles. The van der Waals surface area contributed by atoms with Gasteiger partial charge in [0.25, 0.3) is 0 Å². The van der Waals surface area contributed by atoms with Gasteiger partial charge in [0.15, 0.2) is 0 Å². The van der Waals surface area contributed by atoms with Crippen LogP contribution in [0.3, 0.4) is 0 Å². The van der Waals surface area contributed by atoms with Crippen LogP contribution in [0.4, 0.5) is 10.5 Å². The van der Waals surface area contributed by atoms with E-state index >= 15 is 0 Å². The summed E-state index contributed by atoms with van der Waals surface area (Å²) in [6.07, 6.45) is 2.56. The van der Waals surface area contributed by atoms with Gasteiger partial charge in [-0.1, -0.05) is 19.1 Å². The molecule has 2 aromatic rings. The fourth-order valence-electron chi connectivity index (χ4n) is 3.17. The molecule has 0 saturated carbocycles. The number of aromatic nitrogens is 1. The summed E-state index contributed by atoms with van der Waals surface area (Å²) in [5.41, 5.74) is 4.04. The number of pyridine rings is 1. The Morgan fingerprint density at radius 3 is 2.63 bits per heavy atom. The number of benzene rings is 1. The summed E-state index contributed by atoms with van der Waals surface area (Å²) in [6, 6.07) is 11.7. The van der Waals surface area contributed by atoms with Crippen LogP contribution in [-0.2, 0) is 11.3 Å². The molecule has 1 aromatic heterocycles. The molecular formula is C21H28N4O2. The molecule has 0 spiro atoms. The number of carbonyl (C=O) groups is 1. The Morgan fingerprint density at radius 2 is 1.96 bits per heavy atom. The summed E-state index contributed by atoms with van der Waals surface area (Å²) in [5, 5.41) is 5.91. The van der Waals surface area contributed by atoms with Crippen molar-refractivity contribution < 1.29 is 9.53 Å². The van der Waals surface area contributed by atoms with Gasteiger partial charge < -0.3 is 15.4 Å². The second kappa shape index (κ2) is 9.48. The van der Waals surface area contributed by atoms with Crippen molar-refractivity contribution in [3.63, 3.8) is 0 Å². The highest BCUT2D eigenvalue weighted by Crippen LogP contribution is 2.16. The second-order valence-corrected chi connectivity index (χ2v) is 6.90. The van der Waals surface area contributed by atoms with Gasteiger partial charge in [-0.05, 0) is 48.7 Å². The number of rotatable bonds is 6. The molecule has 1 atom stereocenters. The van der Waals surface area contributed by atoms with Crippen LogP contribution in [0.5, 0.6) is 0 Å². The fourth-order valence-corrected chi connectivity index (χ4v) is 3.17. The number of carbonyl (C=O) groups excluding carboxylic acids is 1. The molecular weight excluding hydrogens is 340 g/mol. The molecule has 0 radical (unpaired) electrons. The number of anilines is 1. The van der Waals surface area contributed by atoms with E-state index in [1.54, 1.807) is 6.20 Å². The van der Waals surface area contributed by atoms with E-state index in [0.717, 1.165) is 56.2 Å². The summed E-state index contributed by atoms with van der Waals surface area (Å²) >= 11 is 0. The molecule has 1 fully saturated rings. The number of hydrogen-bond donors (Lipinski definition) is 2. The molecule has 0 unspecified atom stereocenters. The zero-order valence-corrected chi connectivity index (χ0v) is 16.1. The minimum atomic E-state index is -0.217. The van der Waals surface area contributed by atoms with Crippen molar-refractivity contribution in [1.82, 2.24) is 15.2 Å². The maximum Gasteiger partial charge on any atom is 0.319 e. The molecule has 144 valence electrons. The van der Waals surface area contributed by atoms with Gasteiger partial charge >= 0.3 is 6.03 Å². The van der Waals surface area contributed by atoms with Crippen molar-refractivity contribution in [2.75, 3.05) is 31.6 Å². The molecule has 6 heteroatoms. The Morgan fingerprint density at radius 1 is 1.22 bits per heavy atom. The van der Waals surface area contributed by atoms with Crippen molar-refractivity contribution in [2.45, 2.75) is 32.9 Å². The molecule has 6 nitrogen and oxygen atoms in total. The molecule has 1 aliphatic rings. The number of nitrogens with zero attached hydrogens (tertiary/aromatic N) is 2. The van der Waals surface area contributed by atoms with Crippen molar-refractivity contribution in [2.24, 2.45) is 0 Å². The molecule has 2 amide bonds. The Hall–Kier alpha value is -2.44. The van der Waals surface area contributed by atoms with E-state index in [-0.39, 0.29) is 12.1 Å². The van der Waals surface area contributed by atoms with Crippen molar-refractivity contribution in [3.8, 4) is 0 Å². The van der Waals surface area contributed by atoms with Crippen molar-refractivity contribution >= 4 is 11.7 Å². The van der Waals surface area contributed by atoms with Gasteiger partial charge in [0.05, 0.1) is 24.9 Å². The van der Waals surface area contributed by atoms with Gasteiger partial charge in [-0.3, -0.25) is 9.88 Å². The minimum Gasteiger partial charge on any atom is -0.379 e. The SMILES string of the molecule is CC[C@@H](NC(=O)Nc1ccc(CN2CCOCC2)cc1)c1cc(C)ccn1. The first-order valence-corrected chi connectivity index (χ1v) is 9.53. The lowest BCUT2D eigenvalue weighted by molar-refractivity contribution is 0.0342. The first-order chi connectivity index (χ1) is 13.1. The van der Waals surface area contributed by atoms with Gasteiger partial charge in [-0.2, -0.15) is 0 Å². The summed E-state index contributed by atoms with van der Waals surface area (Å²) in [4.78, 5) is 19.1. The average molecular weight is 368 g/mol. The second-order valence-electron chi connectivity index (χ2n) is 6.90. The van der Waals surface area contributed by atoms with Crippen LogP contribution in [0.25, 0.3) is 0 Å². The Bertz CT molecular complexity index is 742. The number of aryl methyl sites for hydroxylation is 1. The highest BCUT2D eigenvalue weighted by Gasteiger charge is 2.14. The fraction of sp³-hybridized carbons (Fsp3) is 0.429. The third kappa shape index (κ3) is 5.77. The maximum atomic E-state index is 12.4. The van der Waals surface area contributed by atoms with Gasteiger partial charge in [0.2, 0.25) is 0 Å². The molecule has 3 rings (SSSR count). The minimum absolute atomic E-state index is 0.106. The third-order valence-electron chi connectivity index (χ3n) is 4.73. The van der Waals surface area contributed by atoms with Crippen LogP contribution in [0, 0.1) is 6.92 Å². The summed E-state index contributed by atoms with van der Waals surface area (Å²) < 4.78 is 5.38. The van der Waals surface area contributed by atoms with Gasteiger partial charge in [0.1, 0.15) is 0 Å². The topological polar surface area (TPSA) is 66.5 Å². The van der Waals surface area contributed by atoms with E-state index in [0.29, 0.717) is 0 Å². The average Bonchev–Trinajstić information content (AvgIpc) is 2.68. The molecule has 0 bridgehead atoms. The van der Waals surface area contributed by atoms with E-state index in [9.17, 15) is 4.79 Å². The van der Waals surface area contributed by atoms with Crippen LogP contribution in [0.15, 0.2) is 42.6 Å². The van der Waals surface area contributed by atoms with Gasteiger partial charge in [-0.15, -0.1) is 0 Å². The van der Waals surface area contributed by atoms with Crippen molar-refractivity contribution in [1.29, 1.82) is 0 Å². The predicted molar refractivity (Wildman–Crippen MR) is 107 cm³/mol. The standard InChI is InChI=1S/C21H28N4O2/c1-3-19(20-14-16(2)8-9-22-20)24-21(26)23-18-6-4-17(5-7-18)15-25-10-12-27-13-11-25/h4-9,14,19H,3,10-13,15H2,1-2H3,(H2,23,24,26)/t19-/m1/s1. The maximum absolute atomic E-state index is 12.4. The lowest BCUT2D eigenvalue weighted by Gasteiger charge is -2.26. The number of hydrogen-bond acceptors (Lipinski definition) is 4. The highest BCUT2D eigenvalue weighted by atomic mass is 16.5. The van der Waals surface area contributed by atoms with Crippen LogP contribution >= 0.6 is 0 Å². The van der Waals surface area contributed by atoms with Crippen LogP contribution in [0.2, 0.25) is 0 Å². The van der Waals surface area contributed by atoms with E-state index in [2.05, 4.69) is 32.7 Å². The van der Waals surface area contributed by atoms with Gasteiger partial charge in [-0.25, -0.2) is 4.79 Å². The first kappa shape index (κ1) is 19.3. The van der Waals surface area contributed by atoms with E-state index in [1.807, 2.05) is 38.1 Å². The molecule has 2 heterocycles. The van der Waals surface area contributed by atoms with E-state index < -0.39 is 0 Å². The molecule has 2 N–H and O–H groups in total. The first-order valence-electron chi connectivity index (χ1n) is 9.53. The third-order valence-corrected chi connectivity index (χ3v) is 4.73. The number of urea groups is 1. The number of amides is 2. The van der Waals surface area contributed by atoms with E-state index in [4.69, 9.17) is 4.74 Å². The summed E-state index contributed by atoms with van der Waals surface area (Å²) in [7, 11) is 0. The smallest absolute Gasteiger partial charge is 0.319 e. The highest BCUT2D eigenvalue weighted by molar-refractivity contribution is 5.89. The number of ether oxygens (including phenoxy) is 1. The van der Waals surface area contributed by atoms with Crippen LogP contribution < -0.4 is 10.6 Å². The van der Waals surface area contributed by atoms with Crippen LogP contribution in [-0.4, -0.2) is 42.2 Å². The monoisotopic (exact) mass is 368 g/mol. The van der Waals surface area contributed by atoms with E-state index in [1.165, 1.54) is 5.56 Å². The quantitative estimate of drug-likeness (QED) is 0.819. The predicted octanol–water partition coefficient (Wildman–Crippen LogP) is 3.50. The normalized spacial score (nSPS) is 15.9. The zero-order valence-electron chi connectivity index (χ0n) is 16.1. The lowest BCUT2D eigenvalue weighted by atomic mass is 10.1. The molecule has 1 aliphatic heterocycles. The Labute approximate surface area is 160 Å². The number of morpholine rings is 1. The molecule has 1 saturated heterocycles. The summed E-state index contributed by atoms with van der Waals surface area (Å²) in [6.45, 7) is 8.50. The number of nitrogens with one attached hydrogen (secondary N) is 2. The van der Waals surface area contributed by atoms with Gasteiger partial charge in [0, 0.05) is 31.5 Å². The largest absolute Gasteiger partial charge is 0.379 e. The van der Waals surface area contributed by atoms with Crippen LogP contribution in [0.1, 0.15) is 36.2 Å². The Kier molecular flexibility index (Phi) is 6.79. The lowest BCUT2D eigenvalue weighted by Crippen LogP contribution is -2.35.